The lowest BCUT2D eigenvalue weighted by Crippen LogP contribution is -2.00. The third kappa shape index (κ3) is 2.23. The predicted molar refractivity (Wildman–Crippen MR) is 43.4 cm³/mol. The molecule has 0 unspecified atom stereocenters. The topological polar surface area (TPSA) is 101 Å². The van der Waals surface area contributed by atoms with E-state index in [4.69, 9.17) is 5.14 Å². The largest absolute Gasteiger partial charge is 0.269 e. The van der Waals surface area contributed by atoms with E-state index in [0.717, 1.165) is 24.3 Å². The fraction of sp³-hybridized carbons (Fsp3) is 0. The van der Waals surface area contributed by atoms with Gasteiger partial charge in [0, 0.05) is 12.1 Å². The van der Waals surface area contributed by atoms with Crippen LogP contribution in [0.3, 0.4) is 0 Å². The van der Waals surface area contributed by atoms with Crippen molar-refractivity contribution in [2.75, 3.05) is 0 Å². The number of hydrogen-bond donors (Lipinski definition) is 0. The lowest BCUT2D eigenvalue weighted by molar-refractivity contribution is -0.384. The molecule has 0 saturated carbocycles. The molecule has 7 heteroatoms. The number of benzene rings is 1. The van der Waals surface area contributed by atoms with E-state index in [1.54, 1.807) is 0 Å². The standard InChI is InChI=1S/C6H5N2O4S/c7-13(11,12)6-3-1-5(2-4-6)8(9)10/h1-4,7H. The van der Waals surface area contributed by atoms with Crippen LogP contribution in [0.1, 0.15) is 0 Å². The average Bonchev–Trinajstić information content (AvgIpc) is 2.03. The number of nitro groups is 1. The summed E-state index contributed by atoms with van der Waals surface area (Å²) in [6, 6.07) is 4.14. The smallest absolute Gasteiger partial charge is 0.258 e. The van der Waals surface area contributed by atoms with Gasteiger partial charge in [-0.25, -0.2) is 8.42 Å². The van der Waals surface area contributed by atoms with Crippen molar-refractivity contribution in [2.45, 2.75) is 4.90 Å². The molecule has 0 aromatic heterocycles. The third-order valence-electron chi connectivity index (χ3n) is 1.36. The zero-order chi connectivity index (χ0) is 10.1. The van der Waals surface area contributed by atoms with E-state index in [2.05, 4.69) is 0 Å². The summed E-state index contributed by atoms with van der Waals surface area (Å²) in [6.07, 6.45) is 0. The lowest BCUT2D eigenvalue weighted by atomic mass is 10.3. The summed E-state index contributed by atoms with van der Waals surface area (Å²) in [5.74, 6) is 0. The van der Waals surface area contributed by atoms with E-state index < -0.39 is 14.9 Å². The highest BCUT2D eigenvalue weighted by molar-refractivity contribution is 7.88. The molecule has 0 aliphatic carbocycles. The minimum absolute atomic E-state index is 0.201. The van der Waals surface area contributed by atoms with Gasteiger partial charge in [0.05, 0.1) is 9.82 Å². The molecular weight excluding hydrogens is 196 g/mol. The van der Waals surface area contributed by atoms with Crippen LogP contribution in [-0.2, 0) is 10.0 Å². The first kappa shape index (κ1) is 9.62. The molecule has 69 valence electrons. The monoisotopic (exact) mass is 201 g/mol. The molecule has 1 aromatic rings. The van der Waals surface area contributed by atoms with E-state index in [1.807, 2.05) is 0 Å². The van der Waals surface area contributed by atoms with Gasteiger partial charge in [-0.15, -0.1) is 5.14 Å². The number of nitro benzene ring substituents is 1. The van der Waals surface area contributed by atoms with E-state index in [1.165, 1.54) is 0 Å². The minimum Gasteiger partial charge on any atom is -0.258 e. The Kier molecular flexibility index (Phi) is 2.30. The second kappa shape index (κ2) is 3.11. The molecule has 0 amide bonds. The number of non-ortho nitro benzene ring substituents is 1. The Bertz CT molecular complexity index is 422. The highest BCUT2D eigenvalue weighted by atomic mass is 32.2. The predicted octanol–water partition coefficient (Wildman–Crippen LogP) is 0.566. The summed E-state index contributed by atoms with van der Waals surface area (Å²) in [4.78, 5) is 9.28. The normalized spacial score (nSPS) is 11.2. The Morgan fingerprint density at radius 1 is 1.23 bits per heavy atom. The average molecular weight is 201 g/mol. The van der Waals surface area contributed by atoms with Gasteiger partial charge in [0.15, 0.2) is 0 Å². The van der Waals surface area contributed by atoms with Crippen LogP contribution in [0.4, 0.5) is 5.69 Å². The summed E-state index contributed by atoms with van der Waals surface area (Å²) in [6.45, 7) is 0. The van der Waals surface area contributed by atoms with Crippen molar-refractivity contribution >= 4 is 15.7 Å². The molecule has 0 bridgehead atoms. The zero-order valence-electron chi connectivity index (χ0n) is 6.30. The van der Waals surface area contributed by atoms with Crippen LogP contribution in [0.15, 0.2) is 29.2 Å². The highest BCUT2D eigenvalue weighted by Crippen LogP contribution is 2.14. The Morgan fingerprint density at radius 3 is 2.00 bits per heavy atom. The van der Waals surface area contributed by atoms with Gasteiger partial charge in [0.2, 0.25) is 0 Å². The van der Waals surface area contributed by atoms with Crippen LogP contribution >= 0.6 is 0 Å². The fourth-order valence-corrected chi connectivity index (χ4v) is 1.24. The maximum Gasteiger partial charge on any atom is 0.269 e. The Balaban J connectivity index is 3.16. The van der Waals surface area contributed by atoms with Gasteiger partial charge in [-0.05, 0) is 12.1 Å². The van der Waals surface area contributed by atoms with Gasteiger partial charge in [-0.2, -0.15) is 0 Å². The molecular formula is C6H5N2O4S. The first-order valence-corrected chi connectivity index (χ1v) is 4.63. The second-order valence-electron chi connectivity index (χ2n) is 2.25. The fourth-order valence-electron chi connectivity index (χ4n) is 0.747. The Morgan fingerprint density at radius 2 is 1.69 bits per heavy atom. The van der Waals surface area contributed by atoms with Crippen LogP contribution < -0.4 is 5.14 Å². The van der Waals surface area contributed by atoms with Crippen molar-refractivity contribution in [1.82, 2.24) is 5.14 Å². The van der Waals surface area contributed by atoms with Gasteiger partial charge in [0.1, 0.15) is 0 Å². The number of nitrogens with zero attached hydrogens (tertiary/aromatic N) is 1. The molecule has 1 aromatic carbocycles. The van der Waals surface area contributed by atoms with E-state index in [9.17, 15) is 18.5 Å². The minimum atomic E-state index is -4.02. The Labute approximate surface area is 74.2 Å². The Hall–Kier alpha value is -1.47. The molecule has 0 saturated heterocycles. The number of nitrogens with one attached hydrogen (secondary N) is 1. The second-order valence-corrected chi connectivity index (χ2v) is 3.73. The van der Waals surface area contributed by atoms with Crippen LogP contribution in [0.2, 0.25) is 0 Å². The molecule has 13 heavy (non-hydrogen) atoms. The molecule has 0 aliphatic rings. The molecule has 0 aliphatic heterocycles. The van der Waals surface area contributed by atoms with Gasteiger partial charge in [0.25, 0.3) is 15.7 Å². The van der Waals surface area contributed by atoms with Gasteiger partial charge >= 0.3 is 0 Å². The summed E-state index contributed by atoms with van der Waals surface area (Å²) >= 11 is 0. The van der Waals surface area contributed by atoms with Crippen molar-refractivity contribution in [3.63, 3.8) is 0 Å². The van der Waals surface area contributed by atoms with Crippen molar-refractivity contribution in [3.05, 3.63) is 34.4 Å². The van der Waals surface area contributed by atoms with Gasteiger partial charge in [-0.3, -0.25) is 10.1 Å². The van der Waals surface area contributed by atoms with Gasteiger partial charge in [-0.1, -0.05) is 0 Å². The first-order valence-electron chi connectivity index (χ1n) is 3.15. The highest BCUT2D eigenvalue weighted by Gasteiger charge is 2.10. The van der Waals surface area contributed by atoms with Crippen molar-refractivity contribution < 1.29 is 13.3 Å². The quantitative estimate of drug-likeness (QED) is 0.515. The molecule has 6 nitrogen and oxygen atoms in total. The zero-order valence-corrected chi connectivity index (χ0v) is 7.11. The van der Waals surface area contributed by atoms with Gasteiger partial charge < -0.3 is 0 Å². The molecule has 0 fully saturated rings. The van der Waals surface area contributed by atoms with Crippen molar-refractivity contribution in [3.8, 4) is 0 Å². The van der Waals surface area contributed by atoms with Crippen LogP contribution in [-0.4, -0.2) is 13.3 Å². The lowest BCUT2D eigenvalue weighted by Gasteiger charge is -1.95. The molecule has 1 rings (SSSR count). The maximum atomic E-state index is 10.6. The van der Waals surface area contributed by atoms with E-state index in [-0.39, 0.29) is 10.6 Å². The summed E-state index contributed by atoms with van der Waals surface area (Å²) < 4.78 is 21.2. The molecule has 1 N–H and O–H groups in total. The van der Waals surface area contributed by atoms with Crippen LogP contribution in [0.25, 0.3) is 0 Å². The first-order chi connectivity index (χ1) is 5.91. The maximum absolute atomic E-state index is 10.6. The molecule has 0 heterocycles. The van der Waals surface area contributed by atoms with Crippen LogP contribution in [0.5, 0.6) is 0 Å². The summed E-state index contributed by atoms with van der Waals surface area (Å²) in [5.41, 5.74) is -0.201. The number of sulfonamides is 1. The third-order valence-corrected chi connectivity index (χ3v) is 2.25. The molecule has 0 atom stereocenters. The summed E-state index contributed by atoms with van der Waals surface area (Å²) in [5, 5.41) is 16.8. The number of hydrogen-bond acceptors (Lipinski definition) is 4. The SMILES string of the molecule is [NH]S(=O)(=O)c1ccc([N+](=O)[O-])cc1. The number of rotatable bonds is 2. The molecule has 0 spiro atoms. The summed E-state index contributed by atoms with van der Waals surface area (Å²) in [7, 11) is -4.02. The van der Waals surface area contributed by atoms with E-state index in [0.29, 0.717) is 0 Å². The van der Waals surface area contributed by atoms with Crippen molar-refractivity contribution in [1.29, 1.82) is 0 Å². The van der Waals surface area contributed by atoms with Crippen molar-refractivity contribution in [2.24, 2.45) is 0 Å². The molecule has 1 radical (unpaired) electrons. The van der Waals surface area contributed by atoms with Crippen LogP contribution in [0, 0.1) is 10.1 Å². The van der Waals surface area contributed by atoms with E-state index >= 15 is 0 Å².